The third-order valence-electron chi connectivity index (χ3n) is 5.21. The predicted molar refractivity (Wildman–Crippen MR) is 117 cm³/mol. The number of benzene rings is 1. The van der Waals surface area contributed by atoms with Crippen LogP contribution in [0.1, 0.15) is 6.92 Å². The van der Waals surface area contributed by atoms with Gasteiger partial charge < -0.3 is 19.3 Å². The van der Waals surface area contributed by atoms with Crippen LogP contribution in [0.4, 0.5) is 5.82 Å². The van der Waals surface area contributed by atoms with Crippen LogP contribution < -0.4 is 14.4 Å². The Labute approximate surface area is 181 Å². The Balaban J connectivity index is 1.31. The number of carbonyl (C=O) groups excluding carboxylic acids is 1. The molecule has 8 heteroatoms. The highest BCUT2D eigenvalue weighted by Crippen LogP contribution is 2.20. The summed E-state index contributed by atoms with van der Waals surface area (Å²) in [7, 11) is 1.61. The molecule has 4 rings (SSSR count). The van der Waals surface area contributed by atoms with Gasteiger partial charge in [0.2, 0.25) is 0 Å². The van der Waals surface area contributed by atoms with Crippen molar-refractivity contribution in [1.29, 1.82) is 0 Å². The minimum absolute atomic E-state index is 0.0212. The van der Waals surface area contributed by atoms with E-state index in [0.29, 0.717) is 31.9 Å². The van der Waals surface area contributed by atoms with E-state index in [4.69, 9.17) is 9.47 Å². The molecule has 3 heterocycles. The molecule has 1 aromatic carbocycles. The fourth-order valence-electron chi connectivity index (χ4n) is 3.47. The van der Waals surface area contributed by atoms with Crippen LogP contribution in [0.3, 0.4) is 0 Å². The fraction of sp³-hybridized carbons (Fsp3) is 0.304. The number of rotatable bonds is 6. The number of hydrogen-bond donors (Lipinski definition) is 0. The van der Waals surface area contributed by atoms with E-state index in [1.54, 1.807) is 32.4 Å². The molecule has 1 saturated heterocycles. The highest BCUT2D eigenvalue weighted by atomic mass is 16.5. The molecule has 1 unspecified atom stereocenters. The minimum atomic E-state index is -0.558. The smallest absolute Gasteiger partial charge is 0.263 e. The maximum Gasteiger partial charge on any atom is 0.263 e. The lowest BCUT2D eigenvalue weighted by atomic mass is 10.2. The van der Waals surface area contributed by atoms with Gasteiger partial charge in [0.05, 0.1) is 12.8 Å². The number of amides is 1. The number of anilines is 1. The molecular weight excluding hydrogens is 394 g/mol. The summed E-state index contributed by atoms with van der Waals surface area (Å²) < 4.78 is 11.0. The summed E-state index contributed by atoms with van der Waals surface area (Å²) in [5, 5.41) is 8.65. The molecule has 31 heavy (non-hydrogen) atoms. The van der Waals surface area contributed by atoms with Crippen LogP contribution in [0.2, 0.25) is 0 Å². The Bertz CT molecular complexity index is 988. The Kier molecular flexibility index (Phi) is 6.26. The SMILES string of the molecule is COc1ccc(OC(C)C(=O)N2CCN(c3ccc(-c4ccccn4)nn3)CC2)cc1. The normalized spacial score (nSPS) is 14.8. The van der Waals surface area contributed by atoms with Gasteiger partial charge in [-0.2, -0.15) is 0 Å². The Hall–Kier alpha value is -3.68. The highest BCUT2D eigenvalue weighted by Gasteiger charge is 2.26. The molecule has 0 bridgehead atoms. The number of hydrogen-bond acceptors (Lipinski definition) is 7. The van der Waals surface area contributed by atoms with Crippen molar-refractivity contribution in [3.8, 4) is 22.9 Å². The van der Waals surface area contributed by atoms with Crippen molar-refractivity contribution in [3.63, 3.8) is 0 Å². The molecule has 0 spiro atoms. The van der Waals surface area contributed by atoms with Crippen LogP contribution in [0.15, 0.2) is 60.8 Å². The summed E-state index contributed by atoms with van der Waals surface area (Å²) in [5.41, 5.74) is 1.53. The molecule has 3 aromatic rings. The molecule has 0 saturated carbocycles. The summed E-state index contributed by atoms with van der Waals surface area (Å²) in [4.78, 5) is 21.1. The van der Waals surface area contributed by atoms with E-state index in [0.717, 1.165) is 23.0 Å². The molecule has 160 valence electrons. The van der Waals surface area contributed by atoms with Gasteiger partial charge in [0.15, 0.2) is 11.9 Å². The third kappa shape index (κ3) is 4.91. The third-order valence-corrected chi connectivity index (χ3v) is 5.21. The van der Waals surface area contributed by atoms with Gasteiger partial charge in [-0.25, -0.2) is 0 Å². The van der Waals surface area contributed by atoms with E-state index >= 15 is 0 Å². The van der Waals surface area contributed by atoms with Crippen LogP contribution in [0.25, 0.3) is 11.4 Å². The molecule has 1 aliphatic heterocycles. The molecule has 1 fully saturated rings. The lowest BCUT2D eigenvalue weighted by Crippen LogP contribution is -2.52. The van der Waals surface area contributed by atoms with Crippen molar-refractivity contribution in [2.24, 2.45) is 0 Å². The molecular formula is C23H25N5O3. The second-order valence-corrected chi connectivity index (χ2v) is 7.24. The quantitative estimate of drug-likeness (QED) is 0.608. The van der Waals surface area contributed by atoms with E-state index in [-0.39, 0.29) is 5.91 Å². The zero-order valence-electron chi connectivity index (χ0n) is 17.6. The number of aromatic nitrogens is 3. The van der Waals surface area contributed by atoms with E-state index in [1.165, 1.54) is 0 Å². The van der Waals surface area contributed by atoms with Gasteiger partial charge >= 0.3 is 0 Å². The Morgan fingerprint density at radius 2 is 1.65 bits per heavy atom. The average molecular weight is 419 g/mol. The average Bonchev–Trinajstić information content (AvgIpc) is 2.85. The van der Waals surface area contributed by atoms with Crippen molar-refractivity contribution in [1.82, 2.24) is 20.1 Å². The van der Waals surface area contributed by atoms with Gasteiger partial charge in [-0.05, 0) is 55.5 Å². The fourth-order valence-corrected chi connectivity index (χ4v) is 3.47. The highest BCUT2D eigenvalue weighted by molar-refractivity contribution is 5.81. The van der Waals surface area contributed by atoms with Gasteiger partial charge in [-0.3, -0.25) is 9.78 Å². The molecule has 0 radical (unpaired) electrons. The zero-order chi connectivity index (χ0) is 21.6. The minimum Gasteiger partial charge on any atom is -0.497 e. The van der Waals surface area contributed by atoms with Crippen LogP contribution in [-0.4, -0.2) is 65.4 Å². The van der Waals surface area contributed by atoms with Gasteiger partial charge in [0, 0.05) is 32.4 Å². The molecule has 0 aliphatic carbocycles. The molecule has 2 aromatic heterocycles. The van der Waals surface area contributed by atoms with Crippen molar-refractivity contribution in [2.75, 3.05) is 38.2 Å². The van der Waals surface area contributed by atoms with E-state index in [9.17, 15) is 4.79 Å². The summed E-state index contributed by atoms with van der Waals surface area (Å²) in [5.74, 6) is 2.17. The van der Waals surface area contributed by atoms with Crippen molar-refractivity contribution >= 4 is 11.7 Å². The van der Waals surface area contributed by atoms with Crippen molar-refractivity contribution in [3.05, 3.63) is 60.8 Å². The first-order valence-corrected chi connectivity index (χ1v) is 10.2. The molecule has 1 atom stereocenters. The Morgan fingerprint density at radius 3 is 2.26 bits per heavy atom. The molecule has 0 N–H and O–H groups in total. The number of pyridine rings is 1. The summed E-state index contributed by atoms with van der Waals surface area (Å²) in [6.45, 7) is 4.38. The van der Waals surface area contributed by atoms with Gasteiger partial charge in [0.25, 0.3) is 5.91 Å². The number of ether oxygens (including phenoxy) is 2. The van der Waals surface area contributed by atoms with Crippen LogP contribution in [-0.2, 0) is 4.79 Å². The lowest BCUT2D eigenvalue weighted by Gasteiger charge is -2.36. The van der Waals surface area contributed by atoms with E-state index in [1.807, 2.05) is 47.4 Å². The predicted octanol–water partition coefficient (Wildman–Crippen LogP) is 2.66. The zero-order valence-corrected chi connectivity index (χ0v) is 17.6. The van der Waals surface area contributed by atoms with Crippen LogP contribution in [0, 0.1) is 0 Å². The number of nitrogens with zero attached hydrogens (tertiary/aromatic N) is 5. The summed E-state index contributed by atoms with van der Waals surface area (Å²) >= 11 is 0. The van der Waals surface area contributed by atoms with Gasteiger partial charge in [0.1, 0.15) is 17.2 Å². The first-order chi connectivity index (χ1) is 15.1. The summed E-state index contributed by atoms with van der Waals surface area (Å²) in [6.07, 6.45) is 1.18. The maximum absolute atomic E-state index is 12.8. The Morgan fingerprint density at radius 1 is 0.903 bits per heavy atom. The summed E-state index contributed by atoms with van der Waals surface area (Å²) in [6, 6.07) is 16.8. The standard InChI is InChI=1S/C23H25N5O3/c1-17(31-19-8-6-18(30-2)7-9-19)23(29)28-15-13-27(14-16-28)22-11-10-21(25-26-22)20-5-3-4-12-24-20/h3-12,17H,13-16H2,1-2H3. The first kappa shape index (κ1) is 20.6. The lowest BCUT2D eigenvalue weighted by molar-refractivity contribution is -0.138. The first-order valence-electron chi connectivity index (χ1n) is 10.2. The second-order valence-electron chi connectivity index (χ2n) is 7.24. The van der Waals surface area contributed by atoms with Crippen molar-refractivity contribution < 1.29 is 14.3 Å². The second kappa shape index (κ2) is 9.42. The van der Waals surface area contributed by atoms with Crippen molar-refractivity contribution in [2.45, 2.75) is 13.0 Å². The van der Waals surface area contributed by atoms with Gasteiger partial charge in [-0.15, -0.1) is 10.2 Å². The molecule has 1 aliphatic rings. The monoisotopic (exact) mass is 419 g/mol. The van der Waals surface area contributed by atoms with Gasteiger partial charge in [-0.1, -0.05) is 6.07 Å². The number of carbonyl (C=O) groups is 1. The van der Waals surface area contributed by atoms with Crippen LogP contribution >= 0.6 is 0 Å². The molecule has 1 amide bonds. The largest absolute Gasteiger partial charge is 0.497 e. The van der Waals surface area contributed by atoms with Crippen LogP contribution in [0.5, 0.6) is 11.5 Å². The van der Waals surface area contributed by atoms with E-state index in [2.05, 4.69) is 20.1 Å². The maximum atomic E-state index is 12.8. The number of piperazine rings is 1. The molecule has 8 nitrogen and oxygen atoms in total. The van der Waals surface area contributed by atoms with E-state index < -0.39 is 6.10 Å². The number of methoxy groups -OCH3 is 1. The topological polar surface area (TPSA) is 80.7 Å².